The first-order valence-electron chi connectivity index (χ1n) is 7.11. The quantitative estimate of drug-likeness (QED) is 0.814. The Balaban J connectivity index is 2.28. The van der Waals surface area contributed by atoms with Crippen LogP contribution in [0.1, 0.15) is 53.2 Å². The standard InChI is InChI=1S/C16H26N2O/c1-12(2)13-8-7-9-14(17-13)18-10-15(3,4)19-16(5,6)11-18/h7-9,12H,10-11H2,1-6H3. The van der Waals surface area contributed by atoms with E-state index in [-0.39, 0.29) is 11.2 Å². The number of anilines is 1. The molecule has 2 rings (SSSR count). The van der Waals surface area contributed by atoms with E-state index >= 15 is 0 Å². The fourth-order valence-electron chi connectivity index (χ4n) is 2.89. The molecule has 19 heavy (non-hydrogen) atoms. The molecule has 1 fully saturated rings. The normalized spacial score (nSPS) is 21.7. The van der Waals surface area contributed by atoms with Crippen LogP contribution in [0, 0.1) is 0 Å². The zero-order valence-corrected chi connectivity index (χ0v) is 13.0. The molecule has 0 unspecified atom stereocenters. The number of pyridine rings is 1. The maximum atomic E-state index is 6.12. The average molecular weight is 262 g/mol. The molecule has 1 aromatic rings. The van der Waals surface area contributed by atoms with Gasteiger partial charge in [-0.1, -0.05) is 19.9 Å². The zero-order chi connectivity index (χ0) is 14.3. The molecule has 3 heteroatoms. The highest BCUT2D eigenvalue weighted by molar-refractivity contribution is 5.41. The van der Waals surface area contributed by atoms with Gasteiger partial charge < -0.3 is 9.64 Å². The van der Waals surface area contributed by atoms with Gasteiger partial charge in [0.2, 0.25) is 0 Å². The molecule has 106 valence electrons. The first-order chi connectivity index (χ1) is 8.69. The van der Waals surface area contributed by atoms with Gasteiger partial charge in [-0.05, 0) is 45.7 Å². The van der Waals surface area contributed by atoms with Gasteiger partial charge in [-0.2, -0.15) is 0 Å². The molecule has 1 aliphatic heterocycles. The van der Waals surface area contributed by atoms with E-state index in [9.17, 15) is 0 Å². The van der Waals surface area contributed by atoms with Crippen molar-refractivity contribution in [1.82, 2.24) is 4.98 Å². The minimum Gasteiger partial charge on any atom is -0.366 e. The third-order valence-corrected chi connectivity index (χ3v) is 3.37. The Morgan fingerprint density at radius 3 is 2.21 bits per heavy atom. The molecule has 2 heterocycles. The lowest BCUT2D eigenvalue weighted by Crippen LogP contribution is -2.57. The molecule has 0 aliphatic carbocycles. The van der Waals surface area contributed by atoms with Gasteiger partial charge >= 0.3 is 0 Å². The number of aromatic nitrogens is 1. The van der Waals surface area contributed by atoms with Crippen LogP contribution in [0.3, 0.4) is 0 Å². The molecule has 0 atom stereocenters. The highest BCUT2D eigenvalue weighted by atomic mass is 16.5. The molecule has 3 nitrogen and oxygen atoms in total. The van der Waals surface area contributed by atoms with Crippen molar-refractivity contribution in [3.8, 4) is 0 Å². The monoisotopic (exact) mass is 262 g/mol. The fraction of sp³-hybridized carbons (Fsp3) is 0.688. The van der Waals surface area contributed by atoms with E-state index in [1.807, 2.05) is 0 Å². The Kier molecular flexibility index (Phi) is 3.61. The van der Waals surface area contributed by atoms with Gasteiger partial charge in [-0.25, -0.2) is 4.98 Å². The predicted molar refractivity (Wildman–Crippen MR) is 79.8 cm³/mol. The van der Waals surface area contributed by atoms with Gasteiger partial charge in [0.05, 0.1) is 11.2 Å². The first kappa shape index (κ1) is 14.3. The fourth-order valence-corrected chi connectivity index (χ4v) is 2.89. The van der Waals surface area contributed by atoms with Crippen LogP contribution >= 0.6 is 0 Å². The topological polar surface area (TPSA) is 25.4 Å². The molecule has 0 spiro atoms. The Bertz CT molecular complexity index is 436. The number of hydrogen-bond acceptors (Lipinski definition) is 3. The third kappa shape index (κ3) is 3.47. The summed E-state index contributed by atoms with van der Waals surface area (Å²) in [6.07, 6.45) is 0. The molecule has 1 aliphatic rings. The number of rotatable bonds is 2. The van der Waals surface area contributed by atoms with Crippen molar-refractivity contribution in [2.75, 3.05) is 18.0 Å². The lowest BCUT2D eigenvalue weighted by Gasteiger charge is -2.47. The van der Waals surface area contributed by atoms with Crippen LogP contribution in [0.15, 0.2) is 18.2 Å². The predicted octanol–water partition coefficient (Wildman–Crippen LogP) is 3.60. The van der Waals surface area contributed by atoms with Crippen molar-refractivity contribution >= 4 is 5.82 Å². The van der Waals surface area contributed by atoms with E-state index < -0.39 is 0 Å². The summed E-state index contributed by atoms with van der Waals surface area (Å²) in [6.45, 7) is 14.7. The molecule has 0 bridgehead atoms. The van der Waals surface area contributed by atoms with Gasteiger partial charge in [0, 0.05) is 18.8 Å². The van der Waals surface area contributed by atoms with Crippen molar-refractivity contribution in [3.63, 3.8) is 0 Å². The smallest absolute Gasteiger partial charge is 0.129 e. The van der Waals surface area contributed by atoms with E-state index in [0.717, 1.165) is 24.6 Å². The van der Waals surface area contributed by atoms with Crippen molar-refractivity contribution in [2.24, 2.45) is 0 Å². The van der Waals surface area contributed by atoms with Crippen molar-refractivity contribution in [3.05, 3.63) is 23.9 Å². The van der Waals surface area contributed by atoms with Gasteiger partial charge in [-0.3, -0.25) is 0 Å². The Labute approximate surface area is 117 Å². The molecular weight excluding hydrogens is 236 g/mol. The van der Waals surface area contributed by atoms with Crippen LogP contribution in [0.25, 0.3) is 0 Å². The highest BCUT2D eigenvalue weighted by Crippen LogP contribution is 2.31. The van der Waals surface area contributed by atoms with Crippen molar-refractivity contribution in [1.29, 1.82) is 0 Å². The van der Waals surface area contributed by atoms with Crippen LogP contribution < -0.4 is 4.90 Å². The van der Waals surface area contributed by atoms with Crippen LogP contribution in [-0.4, -0.2) is 29.3 Å². The molecule has 0 saturated carbocycles. The summed E-state index contributed by atoms with van der Waals surface area (Å²) >= 11 is 0. The molecule has 0 radical (unpaired) electrons. The summed E-state index contributed by atoms with van der Waals surface area (Å²) in [7, 11) is 0. The van der Waals surface area contributed by atoms with Gasteiger partial charge in [0.25, 0.3) is 0 Å². The second-order valence-corrected chi connectivity index (χ2v) is 7.05. The number of morpholine rings is 1. The van der Waals surface area contributed by atoms with Crippen LogP contribution in [0.4, 0.5) is 5.82 Å². The second kappa shape index (κ2) is 4.78. The van der Waals surface area contributed by atoms with Crippen molar-refractivity contribution < 1.29 is 4.74 Å². The van der Waals surface area contributed by atoms with Crippen LogP contribution in [-0.2, 0) is 4.74 Å². The van der Waals surface area contributed by atoms with Crippen LogP contribution in [0.5, 0.6) is 0 Å². The SMILES string of the molecule is CC(C)c1cccc(N2CC(C)(C)OC(C)(C)C2)n1. The molecule has 0 amide bonds. The minimum absolute atomic E-state index is 0.142. The van der Waals surface area contributed by atoms with E-state index in [1.54, 1.807) is 0 Å². The number of ether oxygens (including phenoxy) is 1. The zero-order valence-electron chi connectivity index (χ0n) is 13.0. The molecule has 0 N–H and O–H groups in total. The summed E-state index contributed by atoms with van der Waals surface area (Å²) in [5.41, 5.74) is 0.869. The molecule has 1 saturated heterocycles. The van der Waals surface area contributed by atoms with Gasteiger partial charge in [0.15, 0.2) is 0 Å². The number of hydrogen-bond donors (Lipinski definition) is 0. The van der Waals surface area contributed by atoms with Gasteiger partial charge in [0.1, 0.15) is 5.82 Å². The Morgan fingerprint density at radius 1 is 1.11 bits per heavy atom. The lowest BCUT2D eigenvalue weighted by molar-refractivity contribution is -0.133. The van der Waals surface area contributed by atoms with Gasteiger partial charge in [-0.15, -0.1) is 0 Å². The Hall–Kier alpha value is -1.09. The lowest BCUT2D eigenvalue weighted by atomic mass is 9.99. The first-order valence-corrected chi connectivity index (χ1v) is 7.11. The molecular formula is C16H26N2O. The maximum Gasteiger partial charge on any atom is 0.129 e. The summed E-state index contributed by atoms with van der Waals surface area (Å²) in [5, 5.41) is 0. The number of nitrogens with zero attached hydrogens (tertiary/aromatic N) is 2. The molecule has 1 aromatic heterocycles. The third-order valence-electron chi connectivity index (χ3n) is 3.37. The van der Waals surface area contributed by atoms with Crippen LogP contribution in [0.2, 0.25) is 0 Å². The summed E-state index contributed by atoms with van der Waals surface area (Å²) < 4.78 is 6.12. The van der Waals surface area contributed by atoms with E-state index in [0.29, 0.717) is 5.92 Å². The van der Waals surface area contributed by atoms with Crippen molar-refractivity contribution in [2.45, 2.75) is 58.7 Å². The van der Waals surface area contributed by atoms with E-state index in [4.69, 9.17) is 9.72 Å². The Morgan fingerprint density at radius 2 is 1.68 bits per heavy atom. The highest BCUT2D eigenvalue weighted by Gasteiger charge is 2.38. The minimum atomic E-state index is -0.142. The molecule has 0 aromatic carbocycles. The summed E-state index contributed by atoms with van der Waals surface area (Å²) in [5.74, 6) is 1.53. The van der Waals surface area contributed by atoms with E-state index in [1.165, 1.54) is 0 Å². The second-order valence-electron chi connectivity index (χ2n) is 7.05. The largest absolute Gasteiger partial charge is 0.366 e. The van der Waals surface area contributed by atoms with E-state index in [2.05, 4.69) is 64.6 Å². The summed E-state index contributed by atoms with van der Waals surface area (Å²) in [6, 6.07) is 6.31. The average Bonchev–Trinajstić information content (AvgIpc) is 2.25. The maximum absolute atomic E-state index is 6.12. The summed E-state index contributed by atoms with van der Waals surface area (Å²) in [4.78, 5) is 7.14.